The summed E-state index contributed by atoms with van der Waals surface area (Å²) in [4.78, 5) is 45.0. The highest BCUT2D eigenvalue weighted by Crippen LogP contribution is 2.31. The zero-order valence-electron chi connectivity index (χ0n) is 26.2. The normalized spacial score (nSPS) is 12.0. The van der Waals surface area contributed by atoms with Crippen LogP contribution < -0.4 is 20.7 Å². The lowest BCUT2D eigenvalue weighted by molar-refractivity contribution is -0.115. The maximum atomic E-state index is 13.6. The van der Waals surface area contributed by atoms with Crippen LogP contribution in [0.5, 0.6) is 5.75 Å². The molecule has 48 heavy (non-hydrogen) atoms. The molecule has 0 aliphatic heterocycles. The maximum Gasteiger partial charge on any atom is 0.272 e. The molecule has 0 spiro atoms. The van der Waals surface area contributed by atoms with Crippen molar-refractivity contribution in [3.8, 4) is 5.75 Å². The Hall–Kier alpha value is -5.45. The molecule has 240 valence electrons. The van der Waals surface area contributed by atoms with Crippen molar-refractivity contribution in [1.82, 2.24) is 10.3 Å². The van der Waals surface area contributed by atoms with Gasteiger partial charge < -0.3 is 20.7 Å². The highest BCUT2D eigenvalue weighted by atomic mass is 32.2. The summed E-state index contributed by atoms with van der Waals surface area (Å²) >= 11 is 2.79. The van der Waals surface area contributed by atoms with Crippen molar-refractivity contribution in [3.63, 3.8) is 0 Å². The second-order valence-corrected chi connectivity index (χ2v) is 13.2. The van der Waals surface area contributed by atoms with E-state index in [1.54, 1.807) is 42.5 Å². The van der Waals surface area contributed by atoms with Crippen LogP contribution in [0.4, 0.5) is 10.8 Å². The van der Waals surface area contributed by atoms with E-state index in [9.17, 15) is 14.4 Å². The Balaban J connectivity index is 1.13. The smallest absolute Gasteiger partial charge is 0.272 e. The first-order valence-electron chi connectivity index (χ1n) is 15.3. The van der Waals surface area contributed by atoms with E-state index in [0.29, 0.717) is 23.0 Å². The number of nitrogens with zero attached hydrogens (tertiary/aromatic N) is 1. The molecular weight excluding hydrogens is 641 g/mol. The minimum absolute atomic E-state index is 0.105. The van der Waals surface area contributed by atoms with Crippen molar-refractivity contribution >= 4 is 78.7 Å². The Morgan fingerprint density at radius 3 is 2.42 bits per heavy atom. The second-order valence-electron chi connectivity index (χ2n) is 10.8. The molecule has 10 heteroatoms. The summed E-state index contributed by atoms with van der Waals surface area (Å²) in [5.41, 5.74) is 2.68. The molecule has 0 aliphatic rings. The minimum Gasteiger partial charge on any atom is -0.494 e. The monoisotopic (exact) mass is 672 g/mol. The van der Waals surface area contributed by atoms with E-state index in [1.165, 1.54) is 23.1 Å². The van der Waals surface area contributed by atoms with Crippen molar-refractivity contribution in [3.05, 3.63) is 132 Å². The van der Waals surface area contributed by atoms with Crippen LogP contribution in [-0.2, 0) is 9.59 Å². The fraction of sp³-hybridized carbons (Fsp3) is 0.105. The minimum atomic E-state index is -0.468. The standard InChI is InChI=1S/C38H32N4O4S2/c1-3-46-29-18-21-32-34(23-29)48-38(41-32)42-35(43)24(2)47-30-19-16-28(17-20-30)39-37(45)33(40-36(44)26-11-5-4-6-12-26)22-27-14-9-13-25-10-7-8-15-31(25)27/h4-24H,3H2,1-2H3,(H,39,45)(H,40,44)(H,41,42,43)/b33-22-. The van der Waals surface area contributed by atoms with Crippen LogP contribution in [0.3, 0.4) is 0 Å². The topological polar surface area (TPSA) is 109 Å². The van der Waals surface area contributed by atoms with E-state index in [1.807, 2.05) is 92.7 Å². The van der Waals surface area contributed by atoms with Gasteiger partial charge in [-0.1, -0.05) is 72.0 Å². The largest absolute Gasteiger partial charge is 0.494 e. The molecule has 0 saturated carbocycles. The third-order valence-corrected chi connectivity index (χ3v) is 9.39. The average Bonchev–Trinajstić information content (AvgIpc) is 3.51. The van der Waals surface area contributed by atoms with Crippen LogP contribution >= 0.6 is 23.1 Å². The summed E-state index contributed by atoms with van der Waals surface area (Å²) in [6.45, 7) is 4.34. The molecule has 1 heterocycles. The van der Waals surface area contributed by atoms with E-state index in [4.69, 9.17) is 4.74 Å². The summed E-state index contributed by atoms with van der Waals surface area (Å²) in [6.07, 6.45) is 1.69. The molecule has 1 aromatic heterocycles. The summed E-state index contributed by atoms with van der Waals surface area (Å²) in [6, 6.07) is 35.3. The number of anilines is 2. The molecule has 6 aromatic rings. The van der Waals surface area contributed by atoms with Gasteiger partial charge in [-0.05, 0) is 90.9 Å². The maximum absolute atomic E-state index is 13.6. The summed E-state index contributed by atoms with van der Waals surface area (Å²) in [5, 5.41) is 10.7. The molecule has 6 rings (SSSR count). The second kappa shape index (κ2) is 15.0. The number of hydrogen-bond acceptors (Lipinski definition) is 7. The van der Waals surface area contributed by atoms with Crippen molar-refractivity contribution in [2.75, 3.05) is 17.2 Å². The Labute approximate surface area is 286 Å². The van der Waals surface area contributed by atoms with E-state index in [0.717, 1.165) is 37.2 Å². The van der Waals surface area contributed by atoms with Crippen molar-refractivity contribution in [2.24, 2.45) is 0 Å². The van der Waals surface area contributed by atoms with Crippen LogP contribution in [0.25, 0.3) is 27.1 Å². The first-order chi connectivity index (χ1) is 23.4. The van der Waals surface area contributed by atoms with Crippen LogP contribution in [-0.4, -0.2) is 34.6 Å². The predicted octanol–water partition coefficient (Wildman–Crippen LogP) is 8.38. The van der Waals surface area contributed by atoms with Crippen molar-refractivity contribution in [1.29, 1.82) is 0 Å². The molecule has 0 aliphatic carbocycles. The Kier molecular flexibility index (Phi) is 10.1. The van der Waals surface area contributed by atoms with Gasteiger partial charge in [-0.25, -0.2) is 4.98 Å². The molecule has 5 aromatic carbocycles. The van der Waals surface area contributed by atoms with Gasteiger partial charge in [-0.2, -0.15) is 0 Å². The lowest BCUT2D eigenvalue weighted by atomic mass is 10.0. The summed E-state index contributed by atoms with van der Waals surface area (Å²) in [5.74, 6) is -0.259. The molecule has 3 N–H and O–H groups in total. The molecule has 0 bridgehead atoms. The molecule has 8 nitrogen and oxygen atoms in total. The van der Waals surface area contributed by atoms with Gasteiger partial charge in [0.05, 0.1) is 22.1 Å². The SMILES string of the molecule is CCOc1ccc2nc(NC(=O)C(C)Sc3ccc(NC(=O)/C(=C/c4cccc5ccccc45)NC(=O)c4ccccc4)cc3)sc2c1. The zero-order valence-corrected chi connectivity index (χ0v) is 27.9. The van der Waals surface area contributed by atoms with Gasteiger partial charge in [-0.15, -0.1) is 11.8 Å². The highest BCUT2D eigenvalue weighted by molar-refractivity contribution is 8.00. The Morgan fingerprint density at radius 1 is 0.875 bits per heavy atom. The number of benzene rings is 5. The molecule has 3 amide bonds. The molecule has 0 saturated heterocycles. The fourth-order valence-electron chi connectivity index (χ4n) is 4.97. The summed E-state index contributed by atoms with van der Waals surface area (Å²) in [7, 11) is 0. The molecule has 0 radical (unpaired) electrons. The number of aromatic nitrogens is 1. The first-order valence-corrected chi connectivity index (χ1v) is 17.0. The lowest BCUT2D eigenvalue weighted by Crippen LogP contribution is -2.30. The van der Waals surface area contributed by atoms with Gasteiger partial charge in [0.1, 0.15) is 11.4 Å². The number of hydrogen-bond donors (Lipinski definition) is 3. The van der Waals surface area contributed by atoms with Crippen LogP contribution in [0.15, 0.2) is 126 Å². The van der Waals surface area contributed by atoms with Gasteiger partial charge in [-0.3, -0.25) is 14.4 Å². The van der Waals surface area contributed by atoms with Crippen molar-refractivity contribution in [2.45, 2.75) is 24.0 Å². The third-order valence-electron chi connectivity index (χ3n) is 7.35. The van der Waals surface area contributed by atoms with Crippen LogP contribution in [0.2, 0.25) is 0 Å². The molecule has 1 atom stereocenters. The fourth-order valence-corrected chi connectivity index (χ4v) is 6.73. The Morgan fingerprint density at radius 2 is 1.62 bits per heavy atom. The Bertz CT molecular complexity index is 2120. The van der Waals surface area contributed by atoms with Gasteiger partial charge >= 0.3 is 0 Å². The number of amides is 3. The van der Waals surface area contributed by atoms with E-state index in [-0.39, 0.29) is 11.6 Å². The van der Waals surface area contributed by atoms with Gasteiger partial charge in [0.2, 0.25) is 5.91 Å². The third kappa shape index (κ3) is 7.91. The average molecular weight is 673 g/mol. The van der Waals surface area contributed by atoms with Gasteiger partial charge in [0.15, 0.2) is 5.13 Å². The zero-order chi connectivity index (χ0) is 33.5. The van der Waals surface area contributed by atoms with Crippen LogP contribution in [0, 0.1) is 0 Å². The number of carbonyl (C=O) groups excluding carboxylic acids is 3. The van der Waals surface area contributed by atoms with Gasteiger partial charge in [0.25, 0.3) is 11.8 Å². The number of ether oxygens (including phenoxy) is 1. The first kappa shape index (κ1) is 32.5. The van der Waals surface area contributed by atoms with Crippen LogP contribution in [0.1, 0.15) is 29.8 Å². The number of rotatable bonds is 11. The number of carbonyl (C=O) groups is 3. The molecular formula is C38H32N4O4S2. The molecule has 0 fully saturated rings. The quantitative estimate of drug-likeness (QED) is 0.0943. The van der Waals surface area contributed by atoms with E-state index < -0.39 is 17.1 Å². The summed E-state index contributed by atoms with van der Waals surface area (Å²) < 4.78 is 6.50. The highest BCUT2D eigenvalue weighted by Gasteiger charge is 2.18. The lowest BCUT2D eigenvalue weighted by Gasteiger charge is -2.13. The van der Waals surface area contributed by atoms with E-state index >= 15 is 0 Å². The van der Waals surface area contributed by atoms with Crippen molar-refractivity contribution < 1.29 is 19.1 Å². The number of fused-ring (bicyclic) bond motifs is 2. The predicted molar refractivity (Wildman–Crippen MR) is 196 cm³/mol. The molecule has 1 unspecified atom stereocenters. The number of nitrogens with one attached hydrogen (secondary N) is 3. The number of thiazole rings is 1. The van der Waals surface area contributed by atoms with E-state index in [2.05, 4.69) is 20.9 Å². The number of thioether (sulfide) groups is 1. The van der Waals surface area contributed by atoms with Gasteiger partial charge in [0, 0.05) is 16.1 Å².